The molecular weight excluding hydrogens is 532 g/mol. The molecule has 0 aliphatic heterocycles. The highest BCUT2D eigenvalue weighted by molar-refractivity contribution is 6.10. The topological polar surface area (TPSA) is 8.17 Å². The molecule has 7 aromatic rings. The molecule has 1 fully saturated rings. The maximum absolute atomic E-state index is 2.64. The lowest BCUT2D eigenvalue weighted by Crippen LogP contribution is -2.12. The smallest absolute Gasteiger partial charge is 0.0540 e. The Balaban J connectivity index is 1.27. The van der Waals surface area contributed by atoms with Crippen molar-refractivity contribution in [3.63, 3.8) is 0 Å². The van der Waals surface area contributed by atoms with Crippen molar-refractivity contribution in [3.8, 4) is 22.3 Å². The number of hydrogen-bond donors (Lipinski definition) is 0. The second kappa shape index (κ2) is 11.5. The van der Waals surface area contributed by atoms with Crippen LogP contribution in [-0.4, -0.2) is 4.57 Å². The van der Waals surface area contributed by atoms with Crippen LogP contribution in [0.2, 0.25) is 0 Å². The largest absolute Gasteiger partial charge is 0.337 e. The molecule has 0 N–H and O–H groups in total. The summed E-state index contributed by atoms with van der Waals surface area (Å²) in [5.74, 6) is 0. The van der Waals surface area contributed by atoms with Crippen LogP contribution in [0.25, 0.3) is 44.1 Å². The van der Waals surface area contributed by atoms with Crippen molar-refractivity contribution in [2.75, 3.05) is 4.90 Å². The van der Waals surface area contributed by atoms with Crippen LogP contribution in [0, 0.1) is 0 Å². The predicted molar refractivity (Wildman–Crippen MR) is 187 cm³/mol. The molecule has 2 nitrogen and oxygen atoms in total. The Hall–Kier alpha value is -5.08. The minimum atomic E-state index is 0.580. The van der Waals surface area contributed by atoms with E-state index in [0.29, 0.717) is 6.04 Å². The van der Waals surface area contributed by atoms with Gasteiger partial charge in [0.15, 0.2) is 0 Å². The van der Waals surface area contributed by atoms with Gasteiger partial charge in [0, 0.05) is 44.8 Å². The number of rotatable bonds is 6. The first-order valence-corrected chi connectivity index (χ1v) is 16.0. The van der Waals surface area contributed by atoms with Crippen LogP contribution in [-0.2, 0) is 0 Å². The van der Waals surface area contributed by atoms with Gasteiger partial charge < -0.3 is 9.47 Å². The summed E-state index contributed by atoms with van der Waals surface area (Å²) < 4.78 is 2.64. The van der Waals surface area contributed by atoms with E-state index in [-0.39, 0.29) is 0 Å². The summed E-state index contributed by atoms with van der Waals surface area (Å²) in [5, 5.41) is 2.70. The summed E-state index contributed by atoms with van der Waals surface area (Å²) in [6.07, 6.45) is 6.56. The van der Waals surface area contributed by atoms with Crippen molar-refractivity contribution >= 4 is 38.9 Å². The molecule has 1 aliphatic carbocycles. The molecule has 0 bridgehead atoms. The van der Waals surface area contributed by atoms with E-state index in [1.807, 2.05) is 0 Å². The van der Waals surface area contributed by atoms with Crippen LogP contribution in [0.15, 0.2) is 152 Å². The average Bonchev–Trinajstić information content (AvgIpc) is 3.44. The van der Waals surface area contributed by atoms with Gasteiger partial charge in [0.2, 0.25) is 0 Å². The normalized spacial score (nSPS) is 13.8. The maximum atomic E-state index is 2.64. The lowest BCUT2D eigenvalue weighted by atomic mass is 9.95. The van der Waals surface area contributed by atoms with E-state index in [4.69, 9.17) is 0 Å². The first-order chi connectivity index (χ1) is 21.8. The summed E-state index contributed by atoms with van der Waals surface area (Å²) in [4.78, 5) is 2.39. The van der Waals surface area contributed by atoms with Crippen LogP contribution < -0.4 is 4.90 Å². The first kappa shape index (κ1) is 26.5. The van der Waals surface area contributed by atoms with Crippen molar-refractivity contribution in [1.29, 1.82) is 0 Å². The Labute approximate surface area is 259 Å². The van der Waals surface area contributed by atoms with E-state index >= 15 is 0 Å². The van der Waals surface area contributed by atoms with Crippen LogP contribution >= 0.6 is 0 Å². The third-order valence-electron chi connectivity index (χ3n) is 9.35. The van der Waals surface area contributed by atoms with Gasteiger partial charge in [-0.05, 0) is 78.1 Å². The third-order valence-corrected chi connectivity index (χ3v) is 9.35. The fourth-order valence-corrected chi connectivity index (χ4v) is 7.25. The van der Waals surface area contributed by atoms with Crippen molar-refractivity contribution < 1.29 is 0 Å². The standard InChI is InChI=1S/C42H36N2/c1-4-14-31(15-5-1)32-24-27-36(28-25-32)43(34-16-6-2-7-17-34)40-22-12-10-20-37(40)33-26-29-42-39(30-33)38-21-11-13-23-41(38)44(42)35-18-8-3-9-19-35/h1-2,4-7,10-17,20-30,35H,3,8-9,18-19H2. The molecule has 1 saturated carbocycles. The summed E-state index contributed by atoms with van der Waals surface area (Å²) in [6, 6.07) is 55.8. The minimum Gasteiger partial charge on any atom is -0.337 e. The number of fused-ring (bicyclic) bond motifs is 3. The quantitative estimate of drug-likeness (QED) is 0.194. The van der Waals surface area contributed by atoms with E-state index in [9.17, 15) is 0 Å². The molecule has 6 aromatic carbocycles. The zero-order valence-electron chi connectivity index (χ0n) is 24.9. The van der Waals surface area contributed by atoms with Crippen molar-refractivity contribution in [3.05, 3.63) is 152 Å². The highest BCUT2D eigenvalue weighted by Gasteiger charge is 2.22. The van der Waals surface area contributed by atoms with Crippen LogP contribution in [0.1, 0.15) is 38.1 Å². The molecule has 0 amide bonds. The third kappa shape index (κ3) is 4.77. The van der Waals surface area contributed by atoms with E-state index in [2.05, 4.69) is 161 Å². The zero-order chi connectivity index (χ0) is 29.3. The van der Waals surface area contributed by atoms with Crippen molar-refractivity contribution in [2.24, 2.45) is 0 Å². The van der Waals surface area contributed by atoms with E-state index in [1.165, 1.54) is 81.9 Å². The predicted octanol–water partition coefficient (Wildman–Crippen LogP) is 12.1. The van der Waals surface area contributed by atoms with Gasteiger partial charge in [0.05, 0.1) is 5.69 Å². The van der Waals surface area contributed by atoms with Gasteiger partial charge in [0.1, 0.15) is 0 Å². The van der Waals surface area contributed by atoms with Gasteiger partial charge in [-0.2, -0.15) is 0 Å². The monoisotopic (exact) mass is 568 g/mol. The van der Waals surface area contributed by atoms with E-state index in [0.717, 1.165) is 11.4 Å². The van der Waals surface area contributed by atoms with Crippen LogP contribution in [0.4, 0.5) is 17.1 Å². The first-order valence-electron chi connectivity index (χ1n) is 16.0. The Bertz CT molecular complexity index is 2030. The highest BCUT2D eigenvalue weighted by Crippen LogP contribution is 2.43. The molecular formula is C42H36N2. The molecule has 1 aliphatic rings. The molecule has 0 spiro atoms. The van der Waals surface area contributed by atoms with Gasteiger partial charge in [-0.15, -0.1) is 0 Å². The Morgan fingerprint density at radius 1 is 0.455 bits per heavy atom. The molecule has 44 heavy (non-hydrogen) atoms. The Kier molecular flexibility index (Phi) is 6.96. The molecule has 8 rings (SSSR count). The minimum absolute atomic E-state index is 0.580. The Morgan fingerprint density at radius 2 is 1.05 bits per heavy atom. The van der Waals surface area contributed by atoms with Crippen molar-refractivity contribution in [1.82, 2.24) is 4.57 Å². The fourth-order valence-electron chi connectivity index (χ4n) is 7.25. The summed E-state index contributed by atoms with van der Waals surface area (Å²) in [7, 11) is 0. The second-order valence-corrected chi connectivity index (χ2v) is 12.0. The molecule has 1 aromatic heterocycles. The second-order valence-electron chi connectivity index (χ2n) is 12.0. The lowest BCUT2D eigenvalue weighted by molar-refractivity contribution is 0.367. The SMILES string of the molecule is c1ccc(-c2ccc(N(c3ccccc3)c3ccccc3-c3ccc4c(c3)c3ccccc3n4C3CCCCC3)cc2)cc1. The number of anilines is 3. The molecule has 0 unspecified atom stereocenters. The van der Waals surface area contributed by atoms with Crippen molar-refractivity contribution in [2.45, 2.75) is 38.1 Å². The molecule has 214 valence electrons. The Morgan fingerprint density at radius 3 is 1.84 bits per heavy atom. The number of hydrogen-bond acceptors (Lipinski definition) is 1. The van der Waals surface area contributed by atoms with Gasteiger partial charge in [-0.25, -0.2) is 0 Å². The van der Waals surface area contributed by atoms with Gasteiger partial charge in [-0.3, -0.25) is 0 Å². The van der Waals surface area contributed by atoms with Gasteiger partial charge in [-0.1, -0.05) is 122 Å². The molecule has 0 saturated heterocycles. The van der Waals surface area contributed by atoms with Gasteiger partial charge in [0.25, 0.3) is 0 Å². The summed E-state index contributed by atoms with van der Waals surface area (Å²) in [5.41, 5.74) is 11.1. The van der Waals surface area contributed by atoms with Crippen LogP contribution in [0.5, 0.6) is 0 Å². The fraction of sp³-hybridized carbons (Fsp3) is 0.143. The van der Waals surface area contributed by atoms with Gasteiger partial charge >= 0.3 is 0 Å². The average molecular weight is 569 g/mol. The number of nitrogens with zero attached hydrogens (tertiary/aromatic N) is 2. The highest BCUT2D eigenvalue weighted by atomic mass is 15.1. The number of para-hydroxylation sites is 3. The van der Waals surface area contributed by atoms with E-state index in [1.54, 1.807) is 0 Å². The number of aromatic nitrogens is 1. The summed E-state index contributed by atoms with van der Waals surface area (Å²) >= 11 is 0. The van der Waals surface area contributed by atoms with E-state index < -0.39 is 0 Å². The lowest BCUT2D eigenvalue weighted by Gasteiger charge is -2.28. The zero-order valence-corrected chi connectivity index (χ0v) is 24.9. The maximum Gasteiger partial charge on any atom is 0.0540 e. The van der Waals surface area contributed by atoms with Crippen LogP contribution in [0.3, 0.4) is 0 Å². The molecule has 1 heterocycles. The molecule has 0 atom stereocenters. The molecule has 0 radical (unpaired) electrons. The molecule has 2 heteroatoms. The summed E-state index contributed by atoms with van der Waals surface area (Å²) in [6.45, 7) is 0. The number of benzene rings is 6.